The van der Waals surface area contributed by atoms with Crippen molar-refractivity contribution in [1.29, 1.82) is 0 Å². The molecule has 1 amide bonds. The summed E-state index contributed by atoms with van der Waals surface area (Å²) in [5, 5.41) is 3.13. The molecule has 1 unspecified atom stereocenters. The van der Waals surface area contributed by atoms with E-state index in [0.29, 0.717) is 13.1 Å². The molecule has 0 aromatic rings. The number of piperazine rings is 1. The quantitative estimate of drug-likeness (QED) is 0.641. The molecule has 0 spiro atoms. The number of nitrogens with one attached hydrogen (secondary N) is 1. The molecule has 89 valence electrons. The SMILES string of the molecule is CCC(=O)C([C]=O)CC(=O)N1CCNCC1. The third kappa shape index (κ3) is 3.41. The Morgan fingerprint density at radius 1 is 1.38 bits per heavy atom. The first-order valence-corrected chi connectivity index (χ1v) is 5.58. The van der Waals surface area contributed by atoms with Gasteiger partial charge in [0.15, 0.2) is 0 Å². The van der Waals surface area contributed by atoms with Gasteiger partial charge in [0.1, 0.15) is 5.78 Å². The maximum absolute atomic E-state index is 11.8. The van der Waals surface area contributed by atoms with Crippen molar-refractivity contribution >= 4 is 18.0 Å². The van der Waals surface area contributed by atoms with Crippen LogP contribution < -0.4 is 5.32 Å². The number of nitrogens with zero attached hydrogens (tertiary/aromatic N) is 1. The van der Waals surface area contributed by atoms with E-state index in [1.54, 1.807) is 18.1 Å². The molecular formula is C11H17N2O3. The van der Waals surface area contributed by atoms with Crippen molar-refractivity contribution in [3.8, 4) is 0 Å². The molecule has 1 N–H and O–H groups in total. The molecule has 0 saturated carbocycles. The Morgan fingerprint density at radius 3 is 2.50 bits per heavy atom. The fourth-order valence-corrected chi connectivity index (χ4v) is 1.69. The number of carbonyl (C=O) groups excluding carboxylic acids is 3. The number of hydrogen-bond donors (Lipinski definition) is 1. The second-order valence-corrected chi connectivity index (χ2v) is 3.83. The molecule has 1 atom stereocenters. The number of Topliss-reactive ketones (excluding diaryl/α,β-unsaturated/α-hetero) is 1. The average molecular weight is 225 g/mol. The monoisotopic (exact) mass is 225 g/mol. The Bertz CT molecular complexity index is 272. The van der Waals surface area contributed by atoms with Crippen LogP contribution in [0.4, 0.5) is 0 Å². The van der Waals surface area contributed by atoms with E-state index in [9.17, 15) is 14.4 Å². The Morgan fingerprint density at radius 2 is 2.00 bits per heavy atom. The summed E-state index contributed by atoms with van der Waals surface area (Å²) in [5.74, 6) is -1.22. The molecule has 0 aliphatic carbocycles. The molecule has 0 aromatic carbocycles. The normalized spacial score (nSPS) is 17.9. The lowest BCUT2D eigenvalue weighted by Crippen LogP contribution is -2.47. The number of rotatable bonds is 5. The first-order chi connectivity index (χ1) is 7.69. The highest BCUT2D eigenvalue weighted by Gasteiger charge is 2.24. The van der Waals surface area contributed by atoms with Crippen LogP contribution in [-0.2, 0) is 14.4 Å². The van der Waals surface area contributed by atoms with Gasteiger partial charge in [-0.25, -0.2) is 0 Å². The summed E-state index contributed by atoms with van der Waals surface area (Å²) in [6, 6.07) is 0. The average Bonchev–Trinajstić information content (AvgIpc) is 2.35. The molecule has 1 saturated heterocycles. The predicted molar refractivity (Wildman–Crippen MR) is 58.5 cm³/mol. The van der Waals surface area contributed by atoms with Crippen LogP contribution in [0.2, 0.25) is 0 Å². The first-order valence-electron chi connectivity index (χ1n) is 5.58. The number of amides is 1. The molecular weight excluding hydrogens is 208 g/mol. The van der Waals surface area contributed by atoms with Gasteiger partial charge < -0.3 is 10.2 Å². The summed E-state index contributed by atoms with van der Waals surface area (Å²) in [6.45, 7) is 4.50. The van der Waals surface area contributed by atoms with Gasteiger partial charge >= 0.3 is 0 Å². The lowest BCUT2D eigenvalue weighted by Gasteiger charge is -2.28. The van der Waals surface area contributed by atoms with Crippen LogP contribution in [0.15, 0.2) is 0 Å². The van der Waals surface area contributed by atoms with Gasteiger partial charge in [-0.05, 0) is 0 Å². The molecule has 5 heteroatoms. The molecule has 5 nitrogen and oxygen atoms in total. The Hall–Kier alpha value is -1.23. The number of ketones is 1. The molecule has 1 aliphatic rings. The Labute approximate surface area is 95.2 Å². The second-order valence-electron chi connectivity index (χ2n) is 3.83. The van der Waals surface area contributed by atoms with E-state index in [0.717, 1.165) is 13.1 Å². The maximum Gasteiger partial charge on any atom is 0.223 e. The fourth-order valence-electron chi connectivity index (χ4n) is 1.69. The summed E-state index contributed by atoms with van der Waals surface area (Å²) >= 11 is 0. The van der Waals surface area contributed by atoms with E-state index in [1.165, 1.54) is 0 Å². The van der Waals surface area contributed by atoms with Crippen molar-refractivity contribution in [3.63, 3.8) is 0 Å². The third-order valence-corrected chi connectivity index (χ3v) is 2.73. The zero-order chi connectivity index (χ0) is 12.0. The third-order valence-electron chi connectivity index (χ3n) is 2.73. The lowest BCUT2D eigenvalue weighted by atomic mass is 9.99. The minimum Gasteiger partial charge on any atom is -0.340 e. The van der Waals surface area contributed by atoms with Crippen molar-refractivity contribution in [1.82, 2.24) is 10.2 Å². The largest absolute Gasteiger partial charge is 0.340 e. The zero-order valence-corrected chi connectivity index (χ0v) is 9.49. The van der Waals surface area contributed by atoms with E-state index >= 15 is 0 Å². The highest BCUT2D eigenvalue weighted by atomic mass is 16.2. The molecule has 1 heterocycles. The van der Waals surface area contributed by atoms with E-state index in [1.807, 2.05) is 0 Å². The van der Waals surface area contributed by atoms with Crippen molar-refractivity contribution in [2.24, 2.45) is 5.92 Å². The topological polar surface area (TPSA) is 66.5 Å². The van der Waals surface area contributed by atoms with Crippen LogP contribution in [0.25, 0.3) is 0 Å². The van der Waals surface area contributed by atoms with Crippen LogP contribution in [0.5, 0.6) is 0 Å². The molecule has 0 aromatic heterocycles. The maximum atomic E-state index is 11.8. The van der Waals surface area contributed by atoms with Gasteiger partial charge in [-0.2, -0.15) is 0 Å². The van der Waals surface area contributed by atoms with Gasteiger partial charge in [0.2, 0.25) is 12.2 Å². The molecule has 16 heavy (non-hydrogen) atoms. The molecule has 0 bridgehead atoms. The summed E-state index contributed by atoms with van der Waals surface area (Å²) in [5.41, 5.74) is 0. The van der Waals surface area contributed by atoms with E-state index < -0.39 is 5.92 Å². The van der Waals surface area contributed by atoms with Crippen molar-refractivity contribution < 1.29 is 14.4 Å². The van der Waals surface area contributed by atoms with Crippen molar-refractivity contribution in [3.05, 3.63) is 0 Å². The van der Waals surface area contributed by atoms with Gasteiger partial charge in [0, 0.05) is 39.0 Å². The summed E-state index contributed by atoms with van der Waals surface area (Å²) in [4.78, 5) is 35.3. The van der Waals surface area contributed by atoms with Gasteiger partial charge in [-0.15, -0.1) is 0 Å². The number of carbonyl (C=O) groups is 2. The van der Waals surface area contributed by atoms with Gasteiger partial charge in [0.05, 0.1) is 5.92 Å². The molecule has 1 rings (SSSR count). The lowest BCUT2D eigenvalue weighted by molar-refractivity contribution is -0.134. The van der Waals surface area contributed by atoms with Gasteiger partial charge in [-0.1, -0.05) is 6.92 Å². The Kier molecular flexibility index (Phi) is 5.11. The van der Waals surface area contributed by atoms with E-state index in [-0.39, 0.29) is 24.5 Å². The summed E-state index contributed by atoms with van der Waals surface area (Å²) in [7, 11) is 0. The highest BCUT2D eigenvalue weighted by Crippen LogP contribution is 2.08. The zero-order valence-electron chi connectivity index (χ0n) is 9.49. The van der Waals surface area contributed by atoms with Crippen LogP contribution in [0.3, 0.4) is 0 Å². The van der Waals surface area contributed by atoms with Crippen molar-refractivity contribution in [2.75, 3.05) is 26.2 Å². The van der Waals surface area contributed by atoms with Crippen LogP contribution >= 0.6 is 0 Å². The summed E-state index contributed by atoms with van der Waals surface area (Å²) in [6.07, 6.45) is 1.90. The van der Waals surface area contributed by atoms with Crippen molar-refractivity contribution in [2.45, 2.75) is 19.8 Å². The minimum atomic E-state index is -0.882. The Balaban J connectivity index is 2.47. The smallest absolute Gasteiger partial charge is 0.223 e. The van der Waals surface area contributed by atoms with Crippen LogP contribution in [0, 0.1) is 5.92 Å². The molecule has 1 aliphatic heterocycles. The fraction of sp³-hybridized carbons (Fsp3) is 0.727. The standard InChI is InChI=1S/C11H17N2O3/c1-2-10(15)9(8-14)7-11(16)13-5-3-12-4-6-13/h9,12H,2-7H2,1H3. The van der Waals surface area contributed by atoms with Crippen LogP contribution in [-0.4, -0.2) is 49.1 Å². The minimum absolute atomic E-state index is 0.0316. The van der Waals surface area contributed by atoms with E-state index in [2.05, 4.69) is 5.32 Å². The van der Waals surface area contributed by atoms with E-state index in [4.69, 9.17) is 0 Å². The molecule has 1 radical (unpaired) electrons. The number of hydrogen-bond acceptors (Lipinski definition) is 4. The van der Waals surface area contributed by atoms with Gasteiger partial charge in [-0.3, -0.25) is 14.4 Å². The summed E-state index contributed by atoms with van der Waals surface area (Å²) < 4.78 is 0. The van der Waals surface area contributed by atoms with Crippen LogP contribution in [0.1, 0.15) is 19.8 Å². The van der Waals surface area contributed by atoms with Gasteiger partial charge in [0.25, 0.3) is 0 Å². The predicted octanol–water partition coefficient (Wildman–Crippen LogP) is -0.487. The second kappa shape index (κ2) is 6.37. The first kappa shape index (κ1) is 12.8. The molecule has 1 fully saturated rings. The highest BCUT2D eigenvalue weighted by molar-refractivity contribution is 5.97.